The number of fused-ring (bicyclic) bond motifs is 4. The summed E-state index contributed by atoms with van der Waals surface area (Å²) in [7, 11) is 0. The van der Waals surface area contributed by atoms with Crippen LogP contribution in [0.1, 0.15) is 78.4 Å². The van der Waals surface area contributed by atoms with E-state index in [0.29, 0.717) is 31.2 Å². The fourth-order valence-electron chi connectivity index (χ4n) is 8.13. The van der Waals surface area contributed by atoms with Gasteiger partial charge in [-0.1, -0.05) is 13.8 Å². The molecule has 43 heavy (non-hydrogen) atoms. The highest BCUT2D eigenvalue weighted by molar-refractivity contribution is 5.69. The SMILES string of the molecule is CCC(=O)OCC1(COC(C)=O)[C@@H](OC(C)=O)CC[C@]2(C)[C@H]3[C@@H](O)c4c(cc(-c5cccnc5)oc4=O)O[C@@]3(C)CC[C@@H]12. The Morgan fingerprint density at radius 2 is 1.84 bits per heavy atom. The van der Waals surface area contributed by atoms with E-state index >= 15 is 0 Å². The molecule has 2 saturated carbocycles. The van der Waals surface area contributed by atoms with Crippen LogP contribution in [0, 0.1) is 22.7 Å². The van der Waals surface area contributed by atoms with E-state index in [2.05, 4.69) is 4.98 Å². The van der Waals surface area contributed by atoms with Crippen LogP contribution in [0.5, 0.6) is 5.75 Å². The molecule has 11 nitrogen and oxygen atoms in total. The number of hydrogen-bond acceptors (Lipinski definition) is 11. The number of nitrogens with zero attached hydrogens (tertiary/aromatic N) is 1. The standard InChI is InChI=1S/C32H39NO10/c1-6-25(36)40-17-32(16-39-18(2)34)23-9-12-31(5)28(30(23,4)11-10-24(32)41-19(3)35)27(37)26-22(43-31)14-21(42-29(26)38)20-8-7-13-33-15-20/h7-8,13-15,23-24,27-28,37H,6,9-12,16-17H2,1-5H3/t23-,24+,27+,28-,30+,31+,32?/m1/s1. The number of carbonyl (C=O) groups is 3. The molecule has 232 valence electrons. The molecule has 2 fully saturated rings. The Balaban J connectivity index is 1.60. The van der Waals surface area contributed by atoms with E-state index in [0.717, 1.165) is 0 Å². The molecule has 0 bridgehead atoms. The zero-order valence-corrected chi connectivity index (χ0v) is 25.2. The number of pyridine rings is 1. The van der Waals surface area contributed by atoms with Gasteiger partial charge in [-0.2, -0.15) is 0 Å². The van der Waals surface area contributed by atoms with E-state index in [1.165, 1.54) is 13.8 Å². The molecule has 1 aliphatic heterocycles. The summed E-state index contributed by atoms with van der Waals surface area (Å²) in [6, 6.07) is 5.12. The average molecular weight is 598 g/mol. The molecular weight excluding hydrogens is 558 g/mol. The molecule has 11 heteroatoms. The summed E-state index contributed by atoms with van der Waals surface area (Å²) in [5.41, 5.74) is -2.74. The molecule has 2 aromatic rings. The molecule has 3 heterocycles. The number of rotatable bonds is 7. The summed E-state index contributed by atoms with van der Waals surface area (Å²) >= 11 is 0. The lowest BCUT2D eigenvalue weighted by Gasteiger charge is -2.65. The summed E-state index contributed by atoms with van der Waals surface area (Å²) in [5.74, 6) is -1.84. The summed E-state index contributed by atoms with van der Waals surface area (Å²) in [6.45, 7) is 7.96. The molecular formula is C32H39NO10. The van der Waals surface area contributed by atoms with Crippen LogP contribution >= 0.6 is 0 Å². The largest absolute Gasteiger partial charge is 0.486 e. The number of ether oxygens (including phenoxy) is 4. The van der Waals surface area contributed by atoms with Gasteiger partial charge in [0.25, 0.3) is 0 Å². The van der Waals surface area contributed by atoms with Gasteiger partial charge in [-0.15, -0.1) is 0 Å². The molecule has 0 amide bonds. The van der Waals surface area contributed by atoms with Crippen molar-refractivity contribution in [1.29, 1.82) is 0 Å². The van der Waals surface area contributed by atoms with Crippen LogP contribution in [0.2, 0.25) is 0 Å². The molecule has 0 spiro atoms. The van der Waals surface area contributed by atoms with Gasteiger partial charge in [0.2, 0.25) is 0 Å². The maximum absolute atomic E-state index is 13.4. The quantitative estimate of drug-likeness (QED) is 0.362. The number of hydrogen-bond donors (Lipinski definition) is 1. The highest BCUT2D eigenvalue weighted by Crippen LogP contribution is 2.67. The number of aromatic nitrogens is 1. The number of esters is 3. The molecule has 0 aromatic carbocycles. The zero-order chi connectivity index (χ0) is 31.2. The molecule has 7 atom stereocenters. The van der Waals surface area contributed by atoms with Gasteiger partial charge in [-0.25, -0.2) is 4.79 Å². The lowest BCUT2D eigenvalue weighted by Crippen LogP contribution is -2.68. The van der Waals surface area contributed by atoms with Crippen LogP contribution in [0.25, 0.3) is 11.3 Å². The van der Waals surface area contributed by atoms with Gasteiger partial charge in [0, 0.05) is 50.2 Å². The third kappa shape index (κ3) is 5.32. The zero-order valence-electron chi connectivity index (χ0n) is 25.2. The Morgan fingerprint density at radius 1 is 1.09 bits per heavy atom. The van der Waals surface area contributed by atoms with Gasteiger partial charge in [0.05, 0.1) is 11.5 Å². The van der Waals surface area contributed by atoms with Gasteiger partial charge >= 0.3 is 23.5 Å². The predicted octanol–water partition coefficient (Wildman–Crippen LogP) is 4.15. The number of carbonyl (C=O) groups excluding carboxylic acids is 3. The summed E-state index contributed by atoms with van der Waals surface area (Å²) < 4.78 is 29.4. The monoisotopic (exact) mass is 597 g/mol. The second-order valence-corrected chi connectivity index (χ2v) is 12.5. The smallest absolute Gasteiger partial charge is 0.345 e. The van der Waals surface area contributed by atoms with Crippen molar-refractivity contribution < 1.29 is 42.9 Å². The Hall–Kier alpha value is -3.73. The predicted molar refractivity (Wildman–Crippen MR) is 152 cm³/mol. The fraction of sp³-hybridized carbons (Fsp3) is 0.594. The van der Waals surface area contributed by atoms with Crippen molar-refractivity contribution in [2.75, 3.05) is 13.2 Å². The van der Waals surface area contributed by atoms with Crippen LogP contribution < -0.4 is 10.4 Å². The van der Waals surface area contributed by atoms with Gasteiger partial charge in [0.15, 0.2) is 0 Å². The minimum atomic E-state index is -1.24. The summed E-state index contributed by atoms with van der Waals surface area (Å²) in [4.78, 5) is 54.2. The van der Waals surface area contributed by atoms with E-state index in [-0.39, 0.29) is 42.6 Å². The highest BCUT2D eigenvalue weighted by Gasteiger charge is 2.68. The molecule has 0 saturated heterocycles. The van der Waals surface area contributed by atoms with Gasteiger partial charge in [-0.3, -0.25) is 19.4 Å². The molecule has 2 aliphatic carbocycles. The lowest BCUT2D eigenvalue weighted by atomic mass is 9.43. The van der Waals surface area contributed by atoms with E-state index in [1.54, 1.807) is 37.5 Å². The third-order valence-corrected chi connectivity index (χ3v) is 9.87. The topological polar surface area (TPSA) is 151 Å². The summed E-state index contributed by atoms with van der Waals surface area (Å²) in [5, 5.41) is 12.0. The van der Waals surface area contributed by atoms with Crippen LogP contribution in [0.4, 0.5) is 0 Å². The fourth-order valence-corrected chi connectivity index (χ4v) is 8.13. The van der Waals surface area contributed by atoms with Crippen LogP contribution in [0.3, 0.4) is 0 Å². The van der Waals surface area contributed by atoms with Crippen LogP contribution in [-0.2, 0) is 28.6 Å². The van der Waals surface area contributed by atoms with Crippen molar-refractivity contribution in [2.45, 2.75) is 84.5 Å². The Bertz CT molecular complexity index is 1460. The highest BCUT2D eigenvalue weighted by atomic mass is 16.6. The lowest BCUT2D eigenvalue weighted by molar-refractivity contribution is -0.252. The second kappa shape index (κ2) is 11.4. The van der Waals surface area contributed by atoms with Crippen molar-refractivity contribution in [3.8, 4) is 17.1 Å². The van der Waals surface area contributed by atoms with Gasteiger partial charge in [0.1, 0.15) is 42.0 Å². The Kier molecular flexibility index (Phi) is 8.15. The Labute approximate surface area is 249 Å². The third-order valence-electron chi connectivity index (χ3n) is 9.87. The van der Waals surface area contributed by atoms with E-state index in [9.17, 15) is 24.3 Å². The molecule has 1 unspecified atom stereocenters. The molecule has 5 rings (SSSR count). The average Bonchev–Trinajstić information content (AvgIpc) is 2.95. The van der Waals surface area contributed by atoms with Crippen molar-refractivity contribution >= 4 is 17.9 Å². The first-order chi connectivity index (χ1) is 20.3. The molecule has 0 radical (unpaired) electrons. The first-order valence-corrected chi connectivity index (χ1v) is 14.8. The maximum atomic E-state index is 13.4. The minimum Gasteiger partial charge on any atom is -0.486 e. The second-order valence-electron chi connectivity index (χ2n) is 12.5. The first kappa shape index (κ1) is 30.7. The molecule has 3 aliphatic rings. The van der Waals surface area contributed by atoms with E-state index in [4.69, 9.17) is 23.4 Å². The van der Waals surface area contributed by atoms with E-state index in [1.807, 2.05) is 13.8 Å². The van der Waals surface area contributed by atoms with Crippen molar-refractivity contribution in [3.63, 3.8) is 0 Å². The van der Waals surface area contributed by atoms with Crippen molar-refractivity contribution in [2.24, 2.45) is 22.7 Å². The van der Waals surface area contributed by atoms with Gasteiger partial charge in [-0.05, 0) is 56.1 Å². The molecule has 2 aromatic heterocycles. The van der Waals surface area contributed by atoms with Crippen LogP contribution in [-0.4, -0.2) is 52.9 Å². The van der Waals surface area contributed by atoms with E-state index < -0.39 is 58.1 Å². The molecule has 1 N–H and O–H groups in total. The van der Waals surface area contributed by atoms with Crippen molar-refractivity contribution in [3.05, 3.63) is 46.6 Å². The first-order valence-electron chi connectivity index (χ1n) is 14.8. The number of aliphatic hydroxyl groups is 1. The van der Waals surface area contributed by atoms with Gasteiger partial charge < -0.3 is 28.5 Å². The Morgan fingerprint density at radius 3 is 2.49 bits per heavy atom. The van der Waals surface area contributed by atoms with Crippen molar-refractivity contribution in [1.82, 2.24) is 4.98 Å². The normalized spacial score (nSPS) is 32.7. The maximum Gasteiger partial charge on any atom is 0.345 e. The minimum absolute atomic E-state index is 0.0436. The van der Waals surface area contributed by atoms with Crippen LogP contribution in [0.15, 0.2) is 39.8 Å². The number of aliphatic hydroxyl groups excluding tert-OH is 1. The summed E-state index contributed by atoms with van der Waals surface area (Å²) in [6.07, 6.45) is 3.26.